The van der Waals surface area contributed by atoms with E-state index in [-0.39, 0.29) is 5.95 Å². The predicted molar refractivity (Wildman–Crippen MR) is 107 cm³/mol. The number of hydrogen-bond donors (Lipinski definition) is 2. The van der Waals surface area contributed by atoms with Gasteiger partial charge in [0.2, 0.25) is 11.9 Å². The Hall–Kier alpha value is -2.71. The summed E-state index contributed by atoms with van der Waals surface area (Å²) in [7, 11) is 1.63. The highest BCUT2D eigenvalue weighted by molar-refractivity contribution is 7.07. The third kappa shape index (κ3) is 4.01. The summed E-state index contributed by atoms with van der Waals surface area (Å²) in [6.07, 6.45) is 2.33. The minimum atomic E-state index is 0.212. The Balaban J connectivity index is 1.54. The lowest BCUT2D eigenvalue weighted by Gasteiger charge is -2.23. The van der Waals surface area contributed by atoms with Crippen molar-refractivity contribution in [2.45, 2.75) is 25.4 Å². The van der Waals surface area contributed by atoms with Crippen molar-refractivity contribution >= 4 is 28.9 Å². The number of thiophene rings is 1. The number of likely N-dealkylation sites (tertiary alicyclic amines) is 1. The van der Waals surface area contributed by atoms with Crippen molar-refractivity contribution in [1.29, 1.82) is 0 Å². The quantitative estimate of drug-likeness (QED) is 0.673. The molecule has 7 nitrogen and oxygen atoms in total. The molecule has 140 valence electrons. The molecule has 0 saturated carbocycles. The summed E-state index contributed by atoms with van der Waals surface area (Å²) in [6, 6.07) is 10.2. The molecule has 0 aliphatic carbocycles. The average Bonchev–Trinajstić information content (AvgIpc) is 3.33. The van der Waals surface area contributed by atoms with Gasteiger partial charge in [-0.3, -0.25) is 4.90 Å². The van der Waals surface area contributed by atoms with Crippen LogP contribution < -0.4 is 15.8 Å². The number of nitrogen functional groups attached to an aromatic ring is 1. The molecule has 0 bridgehead atoms. The first-order valence-electron chi connectivity index (χ1n) is 8.89. The van der Waals surface area contributed by atoms with E-state index in [1.54, 1.807) is 18.4 Å². The maximum atomic E-state index is 5.94. The Morgan fingerprint density at radius 1 is 1.26 bits per heavy atom. The highest BCUT2D eigenvalue weighted by atomic mass is 32.1. The number of para-hydroxylation sites is 2. The standard InChI is InChI=1S/C19H22N6OS/c1-26-16-7-3-2-5-14(16)21-19-23-17(22-18(20)24-19)11-25-9-4-6-15(25)13-8-10-27-12-13/h2-3,5,7-8,10,12,15H,4,6,9,11H2,1H3,(H3,20,21,22,23,24)/t15-/m1/s1. The molecule has 1 aromatic carbocycles. The van der Waals surface area contributed by atoms with Crippen molar-refractivity contribution in [2.24, 2.45) is 0 Å². The molecule has 1 atom stereocenters. The zero-order valence-corrected chi connectivity index (χ0v) is 15.9. The third-order valence-corrected chi connectivity index (χ3v) is 5.39. The van der Waals surface area contributed by atoms with Gasteiger partial charge in [-0.15, -0.1) is 0 Å². The lowest BCUT2D eigenvalue weighted by molar-refractivity contribution is 0.242. The van der Waals surface area contributed by atoms with Crippen LogP contribution in [0.25, 0.3) is 0 Å². The van der Waals surface area contributed by atoms with Gasteiger partial charge < -0.3 is 15.8 Å². The molecular weight excluding hydrogens is 360 g/mol. The van der Waals surface area contributed by atoms with E-state index in [4.69, 9.17) is 10.5 Å². The number of nitrogens with zero attached hydrogens (tertiary/aromatic N) is 4. The predicted octanol–water partition coefficient (Wildman–Crippen LogP) is 3.60. The van der Waals surface area contributed by atoms with E-state index in [0.717, 1.165) is 24.4 Å². The van der Waals surface area contributed by atoms with Crippen LogP contribution in [0.1, 0.15) is 30.3 Å². The average molecular weight is 382 g/mol. The van der Waals surface area contributed by atoms with Gasteiger partial charge >= 0.3 is 0 Å². The second-order valence-electron chi connectivity index (χ2n) is 6.44. The highest BCUT2D eigenvalue weighted by Crippen LogP contribution is 2.34. The van der Waals surface area contributed by atoms with E-state index >= 15 is 0 Å². The Morgan fingerprint density at radius 2 is 2.15 bits per heavy atom. The summed E-state index contributed by atoms with van der Waals surface area (Å²) >= 11 is 1.73. The fraction of sp³-hybridized carbons (Fsp3) is 0.316. The second-order valence-corrected chi connectivity index (χ2v) is 7.22. The maximum Gasteiger partial charge on any atom is 0.232 e. The van der Waals surface area contributed by atoms with Crippen molar-refractivity contribution < 1.29 is 4.74 Å². The molecule has 4 rings (SSSR count). The topological polar surface area (TPSA) is 89.2 Å². The van der Waals surface area contributed by atoms with Crippen LogP contribution in [0.5, 0.6) is 5.75 Å². The van der Waals surface area contributed by atoms with Gasteiger partial charge in [0.15, 0.2) is 0 Å². The molecule has 1 aliphatic rings. The Bertz CT molecular complexity index is 901. The summed E-state index contributed by atoms with van der Waals surface area (Å²) in [4.78, 5) is 15.5. The SMILES string of the molecule is COc1ccccc1Nc1nc(N)nc(CN2CCC[C@@H]2c2ccsc2)n1. The fourth-order valence-electron chi connectivity index (χ4n) is 3.47. The molecule has 0 unspecified atom stereocenters. The van der Waals surface area contributed by atoms with Crippen molar-refractivity contribution in [3.05, 3.63) is 52.5 Å². The highest BCUT2D eigenvalue weighted by Gasteiger charge is 2.27. The maximum absolute atomic E-state index is 5.94. The van der Waals surface area contributed by atoms with Gasteiger partial charge in [-0.1, -0.05) is 12.1 Å². The molecule has 8 heteroatoms. The smallest absolute Gasteiger partial charge is 0.232 e. The van der Waals surface area contributed by atoms with Gasteiger partial charge in [-0.2, -0.15) is 26.3 Å². The van der Waals surface area contributed by atoms with E-state index < -0.39 is 0 Å². The number of anilines is 3. The summed E-state index contributed by atoms with van der Waals surface area (Å²) < 4.78 is 5.37. The van der Waals surface area contributed by atoms with Crippen LogP contribution in [0.3, 0.4) is 0 Å². The zero-order valence-electron chi connectivity index (χ0n) is 15.1. The number of hydrogen-bond acceptors (Lipinski definition) is 8. The molecule has 0 amide bonds. The molecule has 0 spiro atoms. The van der Waals surface area contributed by atoms with Crippen molar-refractivity contribution in [1.82, 2.24) is 19.9 Å². The molecule has 0 radical (unpaired) electrons. The molecule has 27 heavy (non-hydrogen) atoms. The first kappa shape index (κ1) is 17.7. The van der Waals surface area contributed by atoms with Crippen molar-refractivity contribution in [3.8, 4) is 5.75 Å². The number of methoxy groups -OCH3 is 1. The first-order chi connectivity index (χ1) is 13.2. The second kappa shape index (κ2) is 7.89. The Morgan fingerprint density at radius 3 is 2.96 bits per heavy atom. The molecule has 3 N–H and O–H groups in total. The first-order valence-corrected chi connectivity index (χ1v) is 9.84. The Labute approximate surface area is 162 Å². The van der Waals surface area contributed by atoms with Gasteiger partial charge in [0.05, 0.1) is 19.3 Å². The van der Waals surface area contributed by atoms with Gasteiger partial charge in [-0.25, -0.2) is 0 Å². The number of nitrogens with one attached hydrogen (secondary N) is 1. The minimum Gasteiger partial charge on any atom is -0.495 e. The van der Waals surface area contributed by atoms with Gasteiger partial charge in [0.25, 0.3) is 0 Å². The van der Waals surface area contributed by atoms with Crippen LogP contribution in [-0.4, -0.2) is 33.5 Å². The van der Waals surface area contributed by atoms with E-state index in [0.29, 0.717) is 24.4 Å². The monoisotopic (exact) mass is 382 g/mol. The molecule has 1 saturated heterocycles. The largest absolute Gasteiger partial charge is 0.495 e. The van der Waals surface area contributed by atoms with E-state index in [1.807, 2.05) is 24.3 Å². The van der Waals surface area contributed by atoms with Crippen LogP contribution >= 0.6 is 11.3 Å². The van der Waals surface area contributed by atoms with Gasteiger partial charge in [-0.05, 0) is 53.9 Å². The van der Waals surface area contributed by atoms with E-state index in [2.05, 4.69) is 42.0 Å². The molecule has 1 aliphatic heterocycles. The van der Waals surface area contributed by atoms with Crippen LogP contribution in [-0.2, 0) is 6.54 Å². The van der Waals surface area contributed by atoms with E-state index in [1.165, 1.54) is 12.0 Å². The molecule has 2 aromatic heterocycles. The molecule has 3 heterocycles. The van der Waals surface area contributed by atoms with Crippen LogP contribution in [0, 0.1) is 0 Å². The van der Waals surface area contributed by atoms with Gasteiger partial charge in [0, 0.05) is 6.04 Å². The lowest BCUT2D eigenvalue weighted by Crippen LogP contribution is -2.24. The van der Waals surface area contributed by atoms with Crippen LogP contribution in [0.15, 0.2) is 41.1 Å². The van der Waals surface area contributed by atoms with E-state index in [9.17, 15) is 0 Å². The summed E-state index contributed by atoms with van der Waals surface area (Å²) in [5, 5.41) is 7.53. The van der Waals surface area contributed by atoms with Crippen molar-refractivity contribution in [2.75, 3.05) is 24.7 Å². The number of benzene rings is 1. The summed E-state index contributed by atoms with van der Waals surface area (Å²) in [5.41, 5.74) is 8.09. The molecule has 1 fully saturated rings. The number of rotatable bonds is 6. The lowest BCUT2D eigenvalue weighted by atomic mass is 10.1. The normalized spacial score (nSPS) is 17.1. The minimum absolute atomic E-state index is 0.212. The fourth-order valence-corrected chi connectivity index (χ4v) is 4.18. The zero-order chi connectivity index (χ0) is 18.6. The summed E-state index contributed by atoms with van der Waals surface area (Å²) in [6.45, 7) is 1.68. The van der Waals surface area contributed by atoms with Crippen molar-refractivity contribution in [3.63, 3.8) is 0 Å². The summed E-state index contributed by atoms with van der Waals surface area (Å²) in [5.74, 6) is 2.02. The van der Waals surface area contributed by atoms with Crippen LogP contribution in [0.2, 0.25) is 0 Å². The number of nitrogens with two attached hydrogens (primary N) is 1. The third-order valence-electron chi connectivity index (χ3n) is 4.69. The molecular formula is C19H22N6OS. The van der Waals surface area contributed by atoms with Gasteiger partial charge in [0.1, 0.15) is 11.6 Å². The number of aromatic nitrogens is 3. The Kier molecular flexibility index (Phi) is 5.17. The molecule has 3 aromatic rings. The number of ether oxygens (including phenoxy) is 1. The van der Waals surface area contributed by atoms with Crippen LogP contribution in [0.4, 0.5) is 17.6 Å².